The lowest BCUT2D eigenvalue weighted by molar-refractivity contribution is 0.0769. The molecule has 0 fully saturated rings. The van der Waals surface area contributed by atoms with Crippen molar-refractivity contribution in [1.29, 1.82) is 0 Å². The number of alkyl halides is 1. The number of nitrogens with zero attached hydrogens (tertiary/aromatic N) is 1. The third kappa shape index (κ3) is 2.89. The zero-order valence-corrected chi connectivity index (χ0v) is 10.3. The fourth-order valence-corrected chi connectivity index (χ4v) is 1.63. The minimum Gasteiger partial charge on any atom is -0.477 e. The number of carbonyl (C=O) groups is 1. The molecule has 1 aromatic rings. The van der Waals surface area contributed by atoms with Crippen molar-refractivity contribution in [2.75, 3.05) is 19.2 Å². The first kappa shape index (κ1) is 12.8. The molecule has 0 N–H and O–H groups in total. The Labute approximate surface area is 101 Å². The van der Waals surface area contributed by atoms with Gasteiger partial charge in [-0.25, -0.2) is 0 Å². The minimum atomic E-state index is -0.0225. The molecule has 0 aromatic heterocycles. The first-order valence-corrected chi connectivity index (χ1v) is 5.85. The van der Waals surface area contributed by atoms with E-state index >= 15 is 0 Å². The zero-order chi connectivity index (χ0) is 12.0. The Bertz CT molecular complexity index is 351. The normalized spacial score (nSPS) is 9.94. The summed E-state index contributed by atoms with van der Waals surface area (Å²) >= 11 is 5.51. The van der Waals surface area contributed by atoms with Gasteiger partial charge in [0.2, 0.25) is 0 Å². The molecule has 0 saturated heterocycles. The highest BCUT2D eigenvalue weighted by molar-refractivity contribution is 6.17. The molecule has 0 aliphatic heterocycles. The van der Waals surface area contributed by atoms with E-state index < -0.39 is 0 Å². The van der Waals surface area contributed by atoms with Crippen molar-refractivity contribution in [3.8, 4) is 5.75 Å². The predicted octanol–water partition coefficient (Wildman–Crippen LogP) is 2.74. The number of hydrogen-bond donors (Lipinski definition) is 0. The number of benzene rings is 1. The van der Waals surface area contributed by atoms with Crippen LogP contribution in [0.4, 0.5) is 0 Å². The number of rotatable bonds is 5. The Morgan fingerprint density at radius 2 is 1.94 bits per heavy atom. The van der Waals surface area contributed by atoms with Crippen LogP contribution < -0.4 is 4.74 Å². The lowest BCUT2D eigenvalue weighted by atomic mass is 10.1. The van der Waals surface area contributed by atoms with Gasteiger partial charge in [-0.3, -0.25) is 4.79 Å². The lowest BCUT2D eigenvalue weighted by Gasteiger charge is -2.19. The van der Waals surface area contributed by atoms with Crippen LogP contribution in [-0.2, 0) is 0 Å². The van der Waals surface area contributed by atoms with Crippen LogP contribution in [-0.4, -0.2) is 30.0 Å². The van der Waals surface area contributed by atoms with Crippen LogP contribution >= 0.6 is 11.6 Å². The molecular weight excluding hydrogens is 226 g/mol. The molecule has 0 atom stereocenters. The molecular formula is C12H16ClNO2. The van der Waals surface area contributed by atoms with Crippen LogP contribution in [0.15, 0.2) is 24.3 Å². The van der Waals surface area contributed by atoms with Crippen molar-refractivity contribution in [2.45, 2.75) is 13.8 Å². The highest BCUT2D eigenvalue weighted by atomic mass is 35.5. The van der Waals surface area contributed by atoms with Crippen molar-refractivity contribution in [3.63, 3.8) is 0 Å². The van der Waals surface area contributed by atoms with Gasteiger partial charge in [-0.05, 0) is 26.0 Å². The van der Waals surface area contributed by atoms with E-state index in [2.05, 4.69) is 0 Å². The molecule has 16 heavy (non-hydrogen) atoms. The van der Waals surface area contributed by atoms with Gasteiger partial charge in [0.05, 0.1) is 5.56 Å². The van der Waals surface area contributed by atoms with Crippen LogP contribution in [0.25, 0.3) is 0 Å². The van der Waals surface area contributed by atoms with Gasteiger partial charge in [-0.1, -0.05) is 23.7 Å². The summed E-state index contributed by atoms with van der Waals surface area (Å²) in [7, 11) is 0. The van der Waals surface area contributed by atoms with Crippen molar-refractivity contribution >= 4 is 17.5 Å². The highest BCUT2D eigenvalue weighted by Crippen LogP contribution is 2.20. The fraction of sp³-hybridized carbons (Fsp3) is 0.417. The second-order valence-electron chi connectivity index (χ2n) is 3.23. The van der Waals surface area contributed by atoms with E-state index in [9.17, 15) is 4.79 Å². The topological polar surface area (TPSA) is 29.5 Å². The maximum atomic E-state index is 12.1. The predicted molar refractivity (Wildman–Crippen MR) is 65.0 cm³/mol. The van der Waals surface area contributed by atoms with E-state index in [0.29, 0.717) is 24.4 Å². The molecule has 4 heteroatoms. The van der Waals surface area contributed by atoms with Crippen molar-refractivity contribution in [3.05, 3.63) is 29.8 Å². The number of para-hydroxylation sites is 1. The van der Waals surface area contributed by atoms with Crippen LogP contribution in [0.1, 0.15) is 24.2 Å². The summed E-state index contributed by atoms with van der Waals surface area (Å²) in [5.74, 6) is 0.514. The summed E-state index contributed by atoms with van der Waals surface area (Å²) in [6.45, 7) is 5.27. The first-order chi connectivity index (χ1) is 7.74. The van der Waals surface area contributed by atoms with E-state index in [1.807, 2.05) is 26.0 Å². The van der Waals surface area contributed by atoms with Crippen molar-refractivity contribution in [1.82, 2.24) is 4.90 Å². The van der Waals surface area contributed by atoms with Gasteiger partial charge in [0.15, 0.2) is 6.07 Å². The summed E-state index contributed by atoms with van der Waals surface area (Å²) < 4.78 is 5.22. The summed E-state index contributed by atoms with van der Waals surface area (Å²) in [4.78, 5) is 13.9. The van der Waals surface area contributed by atoms with E-state index in [-0.39, 0.29) is 12.0 Å². The summed E-state index contributed by atoms with van der Waals surface area (Å²) in [5.41, 5.74) is 0.562. The summed E-state index contributed by atoms with van der Waals surface area (Å²) in [6.07, 6.45) is 0. The van der Waals surface area contributed by atoms with Gasteiger partial charge in [-0.2, -0.15) is 0 Å². The molecule has 1 amide bonds. The lowest BCUT2D eigenvalue weighted by Crippen LogP contribution is -2.30. The van der Waals surface area contributed by atoms with Crippen LogP contribution in [0.2, 0.25) is 0 Å². The zero-order valence-electron chi connectivity index (χ0n) is 9.57. The fourth-order valence-electron chi connectivity index (χ4n) is 1.51. The molecule has 0 unspecified atom stereocenters. The van der Waals surface area contributed by atoms with Gasteiger partial charge in [0.25, 0.3) is 5.91 Å². The molecule has 1 aromatic carbocycles. The quantitative estimate of drug-likeness (QED) is 0.742. The van der Waals surface area contributed by atoms with Gasteiger partial charge in [-0.15, -0.1) is 0 Å². The molecule has 1 rings (SSSR count). The van der Waals surface area contributed by atoms with Gasteiger partial charge >= 0.3 is 0 Å². The SMILES string of the molecule is CCN(CC)C(=O)c1ccccc1OCCl. The minimum absolute atomic E-state index is 0.0225. The molecule has 0 saturated carbocycles. The Morgan fingerprint density at radius 1 is 1.31 bits per heavy atom. The van der Waals surface area contributed by atoms with Gasteiger partial charge in [0.1, 0.15) is 5.75 Å². The molecule has 0 spiro atoms. The third-order valence-corrected chi connectivity index (χ3v) is 2.49. The number of halogens is 1. The first-order valence-electron chi connectivity index (χ1n) is 5.31. The number of carbonyl (C=O) groups excluding carboxylic acids is 1. The second-order valence-corrected chi connectivity index (χ2v) is 3.45. The van der Waals surface area contributed by atoms with E-state index in [4.69, 9.17) is 16.3 Å². The maximum absolute atomic E-state index is 12.1. The summed E-state index contributed by atoms with van der Waals surface area (Å²) in [5, 5.41) is 0. The van der Waals surface area contributed by atoms with Crippen LogP contribution in [0.5, 0.6) is 5.75 Å². The van der Waals surface area contributed by atoms with Crippen molar-refractivity contribution in [2.24, 2.45) is 0 Å². The van der Waals surface area contributed by atoms with E-state index in [1.165, 1.54) is 0 Å². The average Bonchev–Trinajstić information content (AvgIpc) is 2.31. The molecule has 0 heterocycles. The van der Waals surface area contributed by atoms with Crippen molar-refractivity contribution < 1.29 is 9.53 Å². The monoisotopic (exact) mass is 241 g/mol. The Balaban J connectivity index is 2.97. The Hall–Kier alpha value is -1.22. The third-order valence-electron chi connectivity index (χ3n) is 2.38. The Morgan fingerprint density at radius 3 is 2.50 bits per heavy atom. The molecule has 0 radical (unpaired) electrons. The Kier molecular flexibility index (Phi) is 5.12. The smallest absolute Gasteiger partial charge is 0.257 e. The molecule has 88 valence electrons. The summed E-state index contributed by atoms with van der Waals surface area (Å²) in [6, 6.07) is 7.18. The van der Waals surface area contributed by atoms with E-state index in [1.54, 1.807) is 17.0 Å². The van der Waals surface area contributed by atoms with Gasteiger partial charge < -0.3 is 9.64 Å². The molecule has 0 aliphatic carbocycles. The highest BCUT2D eigenvalue weighted by Gasteiger charge is 2.16. The van der Waals surface area contributed by atoms with Crippen LogP contribution in [0.3, 0.4) is 0 Å². The molecule has 0 bridgehead atoms. The molecule has 0 aliphatic rings. The second kappa shape index (κ2) is 6.38. The van der Waals surface area contributed by atoms with Gasteiger partial charge in [0, 0.05) is 13.1 Å². The van der Waals surface area contributed by atoms with E-state index in [0.717, 1.165) is 0 Å². The van der Waals surface area contributed by atoms with Crippen LogP contribution in [0, 0.1) is 0 Å². The number of amides is 1. The standard InChI is InChI=1S/C12H16ClNO2/c1-3-14(4-2)12(15)10-7-5-6-8-11(10)16-9-13/h5-8H,3-4,9H2,1-2H3. The molecule has 3 nitrogen and oxygen atoms in total. The number of ether oxygens (including phenoxy) is 1. The average molecular weight is 242 g/mol. The largest absolute Gasteiger partial charge is 0.477 e. The maximum Gasteiger partial charge on any atom is 0.257 e. The number of hydrogen-bond acceptors (Lipinski definition) is 2.